The van der Waals surface area contributed by atoms with Crippen molar-refractivity contribution >= 4 is 10.8 Å². The van der Waals surface area contributed by atoms with E-state index in [1.54, 1.807) is 0 Å². The Balaban J connectivity index is 1.94. The Hall–Kier alpha value is -3.00. The number of rotatable bonds is 2. The minimum Gasteiger partial charge on any atom is -0.263 e. The molecule has 0 radical (unpaired) electrons. The van der Waals surface area contributed by atoms with E-state index < -0.39 is 0 Å². The molecular formula is C21H16N2. The monoisotopic (exact) mass is 296 g/mol. The summed E-state index contributed by atoms with van der Waals surface area (Å²) in [6.07, 6.45) is 3.80. The molecular weight excluding hydrogens is 280 g/mol. The molecule has 0 unspecified atom stereocenters. The lowest BCUT2D eigenvalue weighted by Crippen LogP contribution is -1.92. The van der Waals surface area contributed by atoms with Crippen LogP contribution in [0.3, 0.4) is 0 Å². The highest BCUT2D eigenvalue weighted by molar-refractivity contribution is 5.95. The molecule has 0 fully saturated rings. The van der Waals surface area contributed by atoms with Gasteiger partial charge in [-0.1, -0.05) is 54.6 Å². The van der Waals surface area contributed by atoms with Gasteiger partial charge in [-0.3, -0.25) is 4.98 Å². The van der Waals surface area contributed by atoms with Gasteiger partial charge in [0.1, 0.15) is 0 Å². The molecule has 0 bridgehead atoms. The summed E-state index contributed by atoms with van der Waals surface area (Å²) in [6.45, 7) is 2.11. The SMILES string of the molecule is Cc1cc(-c2ccccc2)nc(-c2cncc3ccccc23)c1. The molecule has 2 aromatic heterocycles. The van der Waals surface area contributed by atoms with Crippen LogP contribution in [0.4, 0.5) is 0 Å². The maximum absolute atomic E-state index is 4.88. The van der Waals surface area contributed by atoms with Crippen LogP contribution < -0.4 is 0 Å². The predicted octanol–water partition coefficient (Wildman–Crippen LogP) is 5.27. The van der Waals surface area contributed by atoms with Crippen LogP contribution in [0.2, 0.25) is 0 Å². The first-order valence-corrected chi connectivity index (χ1v) is 7.68. The Labute approximate surface area is 135 Å². The topological polar surface area (TPSA) is 25.8 Å². The predicted molar refractivity (Wildman–Crippen MR) is 95.1 cm³/mol. The molecule has 23 heavy (non-hydrogen) atoms. The normalized spacial score (nSPS) is 10.8. The molecule has 0 N–H and O–H groups in total. The van der Waals surface area contributed by atoms with Crippen LogP contribution >= 0.6 is 0 Å². The molecule has 0 saturated heterocycles. The van der Waals surface area contributed by atoms with Crippen molar-refractivity contribution in [2.24, 2.45) is 0 Å². The van der Waals surface area contributed by atoms with Crippen LogP contribution in [0, 0.1) is 6.92 Å². The van der Waals surface area contributed by atoms with E-state index in [-0.39, 0.29) is 0 Å². The highest BCUT2D eigenvalue weighted by Gasteiger charge is 2.08. The molecule has 4 aromatic rings. The number of nitrogens with zero attached hydrogens (tertiary/aromatic N) is 2. The van der Waals surface area contributed by atoms with Crippen LogP contribution in [0.25, 0.3) is 33.3 Å². The largest absolute Gasteiger partial charge is 0.263 e. The second-order valence-corrected chi connectivity index (χ2v) is 5.69. The molecule has 0 aliphatic rings. The maximum atomic E-state index is 4.88. The molecule has 0 atom stereocenters. The second-order valence-electron chi connectivity index (χ2n) is 5.69. The average Bonchev–Trinajstić information content (AvgIpc) is 2.61. The first kappa shape index (κ1) is 13.6. The molecule has 0 aliphatic heterocycles. The number of benzene rings is 2. The number of pyridine rings is 2. The van der Waals surface area contributed by atoms with Gasteiger partial charge in [0.2, 0.25) is 0 Å². The molecule has 0 amide bonds. The maximum Gasteiger partial charge on any atom is 0.0733 e. The lowest BCUT2D eigenvalue weighted by atomic mass is 10.0. The van der Waals surface area contributed by atoms with E-state index >= 15 is 0 Å². The zero-order valence-corrected chi connectivity index (χ0v) is 12.9. The van der Waals surface area contributed by atoms with Gasteiger partial charge in [-0.2, -0.15) is 0 Å². The van der Waals surface area contributed by atoms with Crippen LogP contribution in [0.15, 0.2) is 79.1 Å². The van der Waals surface area contributed by atoms with Crippen molar-refractivity contribution in [3.8, 4) is 22.5 Å². The fourth-order valence-electron chi connectivity index (χ4n) is 2.88. The van der Waals surface area contributed by atoms with Crippen molar-refractivity contribution in [2.45, 2.75) is 6.92 Å². The molecule has 0 saturated carbocycles. The van der Waals surface area contributed by atoms with Crippen LogP contribution in [0.5, 0.6) is 0 Å². The lowest BCUT2D eigenvalue weighted by molar-refractivity contribution is 1.27. The Morgan fingerprint density at radius 1 is 0.739 bits per heavy atom. The van der Waals surface area contributed by atoms with Crippen molar-refractivity contribution in [1.82, 2.24) is 9.97 Å². The van der Waals surface area contributed by atoms with Crippen molar-refractivity contribution in [3.05, 3.63) is 84.7 Å². The lowest BCUT2D eigenvalue weighted by Gasteiger charge is -2.09. The van der Waals surface area contributed by atoms with Gasteiger partial charge in [0.05, 0.1) is 11.4 Å². The fraction of sp³-hybridized carbons (Fsp3) is 0.0476. The van der Waals surface area contributed by atoms with Gasteiger partial charge in [-0.15, -0.1) is 0 Å². The molecule has 110 valence electrons. The van der Waals surface area contributed by atoms with Gasteiger partial charge in [-0.05, 0) is 30.0 Å². The summed E-state index contributed by atoms with van der Waals surface area (Å²) in [5, 5.41) is 2.31. The minimum atomic E-state index is 0.966. The smallest absolute Gasteiger partial charge is 0.0733 e. The molecule has 2 heterocycles. The summed E-state index contributed by atoms with van der Waals surface area (Å²) >= 11 is 0. The number of hydrogen-bond acceptors (Lipinski definition) is 2. The summed E-state index contributed by atoms with van der Waals surface area (Å²) in [7, 11) is 0. The molecule has 2 heteroatoms. The van der Waals surface area contributed by atoms with Gasteiger partial charge < -0.3 is 0 Å². The highest BCUT2D eigenvalue weighted by Crippen LogP contribution is 2.29. The van der Waals surface area contributed by atoms with E-state index in [9.17, 15) is 0 Å². The molecule has 2 aromatic carbocycles. The van der Waals surface area contributed by atoms with Crippen LogP contribution in [0.1, 0.15) is 5.56 Å². The zero-order valence-electron chi connectivity index (χ0n) is 12.9. The van der Waals surface area contributed by atoms with Gasteiger partial charge in [0, 0.05) is 28.9 Å². The Morgan fingerprint density at radius 3 is 2.35 bits per heavy atom. The highest BCUT2D eigenvalue weighted by atomic mass is 14.7. The molecule has 4 rings (SSSR count). The standard InChI is InChI=1S/C21H16N2/c1-15-11-20(16-7-3-2-4-8-16)23-21(12-15)19-14-22-13-17-9-5-6-10-18(17)19/h2-14H,1H3. The van der Waals surface area contributed by atoms with Crippen molar-refractivity contribution in [3.63, 3.8) is 0 Å². The number of fused-ring (bicyclic) bond motifs is 1. The molecule has 0 aliphatic carbocycles. The Kier molecular flexibility index (Phi) is 3.35. The number of hydrogen-bond donors (Lipinski definition) is 0. The second kappa shape index (κ2) is 5.65. The number of aryl methyl sites for hydroxylation is 1. The van der Waals surface area contributed by atoms with Crippen LogP contribution in [-0.2, 0) is 0 Å². The molecule has 2 nitrogen and oxygen atoms in total. The van der Waals surface area contributed by atoms with Gasteiger partial charge in [0.25, 0.3) is 0 Å². The fourth-order valence-corrected chi connectivity index (χ4v) is 2.88. The van der Waals surface area contributed by atoms with Crippen molar-refractivity contribution in [2.75, 3.05) is 0 Å². The summed E-state index contributed by atoms with van der Waals surface area (Å²) < 4.78 is 0. The third-order valence-electron chi connectivity index (χ3n) is 3.98. The Bertz CT molecular complexity index is 970. The van der Waals surface area contributed by atoms with E-state index in [0.29, 0.717) is 0 Å². The van der Waals surface area contributed by atoms with Crippen molar-refractivity contribution in [1.29, 1.82) is 0 Å². The Morgan fingerprint density at radius 2 is 1.48 bits per heavy atom. The summed E-state index contributed by atoms with van der Waals surface area (Å²) in [4.78, 5) is 9.27. The van der Waals surface area contributed by atoms with E-state index in [2.05, 4.69) is 54.4 Å². The van der Waals surface area contributed by atoms with Gasteiger partial charge in [0.15, 0.2) is 0 Å². The summed E-state index contributed by atoms with van der Waals surface area (Å²) in [6, 6.07) is 22.8. The zero-order chi connectivity index (χ0) is 15.6. The van der Waals surface area contributed by atoms with Crippen LogP contribution in [-0.4, -0.2) is 9.97 Å². The average molecular weight is 296 g/mol. The van der Waals surface area contributed by atoms with Gasteiger partial charge >= 0.3 is 0 Å². The van der Waals surface area contributed by atoms with E-state index in [4.69, 9.17) is 4.98 Å². The summed E-state index contributed by atoms with van der Waals surface area (Å²) in [5.41, 5.74) is 5.36. The minimum absolute atomic E-state index is 0.966. The molecule has 0 spiro atoms. The summed E-state index contributed by atoms with van der Waals surface area (Å²) in [5.74, 6) is 0. The van der Waals surface area contributed by atoms with E-state index in [1.807, 2.05) is 36.7 Å². The van der Waals surface area contributed by atoms with E-state index in [0.717, 1.165) is 27.9 Å². The third kappa shape index (κ3) is 2.59. The van der Waals surface area contributed by atoms with Gasteiger partial charge in [-0.25, -0.2) is 4.98 Å². The van der Waals surface area contributed by atoms with E-state index in [1.165, 1.54) is 10.9 Å². The van der Waals surface area contributed by atoms with Crippen molar-refractivity contribution < 1.29 is 0 Å². The first-order valence-electron chi connectivity index (χ1n) is 7.68. The number of aromatic nitrogens is 2. The third-order valence-corrected chi connectivity index (χ3v) is 3.98. The first-order chi connectivity index (χ1) is 11.3. The quantitative estimate of drug-likeness (QED) is 0.503.